The molecule has 6 heteroatoms. The highest BCUT2D eigenvalue weighted by Gasteiger charge is 2.47. The Morgan fingerprint density at radius 3 is 2.71 bits per heavy atom. The Hall–Kier alpha value is -1.92. The quantitative estimate of drug-likeness (QED) is 0.567. The van der Waals surface area contributed by atoms with Gasteiger partial charge in [0.05, 0.1) is 12.4 Å². The van der Waals surface area contributed by atoms with Gasteiger partial charge >= 0.3 is 0 Å². The maximum atomic E-state index is 14.0. The molecule has 4 rings (SSSR count). The SMILES string of the molecule is CCCS(=O)(=O)CCCOc1ccc2c(c1)C(C1(c3cccc(F)c3)CCC1)NCC2. The van der Waals surface area contributed by atoms with Gasteiger partial charge in [-0.05, 0) is 79.6 Å². The van der Waals surface area contributed by atoms with E-state index in [0.717, 1.165) is 43.5 Å². The largest absolute Gasteiger partial charge is 0.494 e. The number of ether oxygens (including phenoxy) is 1. The maximum absolute atomic E-state index is 14.0. The van der Waals surface area contributed by atoms with Crippen molar-refractivity contribution in [3.63, 3.8) is 0 Å². The van der Waals surface area contributed by atoms with Crippen LogP contribution in [-0.2, 0) is 21.7 Å². The molecule has 2 aromatic rings. The zero-order valence-electron chi connectivity index (χ0n) is 18.2. The van der Waals surface area contributed by atoms with Crippen LogP contribution in [0.4, 0.5) is 4.39 Å². The van der Waals surface area contributed by atoms with Crippen LogP contribution in [0.3, 0.4) is 0 Å². The Balaban J connectivity index is 1.51. The van der Waals surface area contributed by atoms with Crippen LogP contribution in [0.15, 0.2) is 42.5 Å². The number of fused-ring (bicyclic) bond motifs is 1. The van der Waals surface area contributed by atoms with Crippen molar-refractivity contribution in [2.45, 2.75) is 56.9 Å². The molecule has 1 heterocycles. The van der Waals surface area contributed by atoms with Crippen LogP contribution in [0.2, 0.25) is 0 Å². The minimum absolute atomic E-state index is 0.0931. The van der Waals surface area contributed by atoms with E-state index in [9.17, 15) is 12.8 Å². The second kappa shape index (κ2) is 9.29. The van der Waals surface area contributed by atoms with E-state index in [4.69, 9.17) is 4.74 Å². The molecule has 0 saturated heterocycles. The van der Waals surface area contributed by atoms with Crippen molar-refractivity contribution in [2.75, 3.05) is 24.7 Å². The predicted molar refractivity (Wildman–Crippen MR) is 122 cm³/mol. The fraction of sp³-hybridized carbons (Fsp3) is 0.520. The van der Waals surface area contributed by atoms with E-state index in [1.54, 1.807) is 12.1 Å². The van der Waals surface area contributed by atoms with Gasteiger partial charge in [-0.15, -0.1) is 0 Å². The van der Waals surface area contributed by atoms with E-state index >= 15 is 0 Å². The van der Waals surface area contributed by atoms with Crippen LogP contribution in [0.5, 0.6) is 5.75 Å². The molecule has 0 spiro atoms. The molecule has 2 aliphatic rings. The van der Waals surface area contributed by atoms with E-state index < -0.39 is 9.84 Å². The Morgan fingerprint density at radius 2 is 2.00 bits per heavy atom. The zero-order chi connectivity index (χ0) is 21.9. The molecule has 0 aromatic heterocycles. The summed E-state index contributed by atoms with van der Waals surface area (Å²) in [5.41, 5.74) is 3.51. The van der Waals surface area contributed by atoms with Crippen molar-refractivity contribution in [3.05, 3.63) is 65.0 Å². The monoisotopic (exact) mass is 445 g/mol. The van der Waals surface area contributed by atoms with Gasteiger partial charge in [-0.3, -0.25) is 0 Å². The van der Waals surface area contributed by atoms with Gasteiger partial charge in [0.1, 0.15) is 21.4 Å². The lowest BCUT2D eigenvalue weighted by molar-refractivity contribution is 0.164. The second-order valence-corrected chi connectivity index (χ2v) is 11.2. The summed E-state index contributed by atoms with van der Waals surface area (Å²) < 4.78 is 43.7. The average molecular weight is 446 g/mol. The first-order chi connectivity index (χ1) is 14.9. The van der Waals surface area contributed by atoms with Gasteiger partial charge in [-0.2, -0.15) is 0 Å². The molecule has 31 heavy (non-hydrogen) atoms. The van der Waals surface area contributed by atoms with Crippen LogP contribution >= 0.6 is 0 Å². The fourth-order valence-corrected chi connectivity index (χ4v) is 6.48. The molecule has 4 nitrogen and oxygen atoms in total. The Morgan fingerprint density at radius 1 is 1.16 bits per heavy atom. The van der Waals surface area contributed by atoms with E-state index in [0.29, 0.717) is 19.4 Å². The molecule has 0 bridgehead atoms. The van der Waals surface area contributed by atoms with Crippen LogP contribution in [0.25, 0.3) is 0 Å². The third-order valence-corrected chi connectivity index (χ3v) is 8.69. The summed E-state index contributed by atoms with van der Waals surface area (Å²) in [5.74, 6) is 0.990. The standard InChI is InChI=1S/C25H32FNO3S/c1-2-15-31(28,29)16-5-14-30-22-9-8-19-10-13-27-24(23(19)18-22)25(11-4-12-25)20-6-3-7-21(26)17-20/h3,6-9,17-18,24,27H,2,4-5,10-16H2,1H3. The number of hydrogen-bond acceptors (Lipinski definition) is 4. The van der Waals surface area contributed by atoms with E-state index in [1.165, 1.54) is 17.2 Å². The zero-order valence-corrected chi connectivity index (χ0v) is 19.0. The van der Waals surface area contributed by atoms with Crippen molar-refractivity contribution in [1.82, 2.24) is 5.32 Å². The number of sulfone groups is 1. The molecule has 2 aromatic carbocycles. The van der Waals surface area contributed by atoms with Crippen LogP contribution in [0.1, 0.15) is 61.8 Å². The van der Waals surface area contributed by atoms with Crippen molar-refractivity contribution in [3.8, 4) is 5.75 Å². The summed E-state index contributed by atoms with van der Waals surface area (Å²) in [5, 5.41) is 3.71. The van der Waals surface area contributed by atoms with Crippen molar-refractivity contribution >= 4 is 9.84 Å². The highest BCUT2D eigenvalue weighted by Crippen LogP contribution is 2.53. The van der Waals surface area contributed by atoms with Gasteiger partial charge < -0.3 is 10.1 Å². The average Bonchev–Trinajstić information content (AvgIpc) is 2.71. The topological polar surface area (TPSA) is 55.4 Å². The van der Waals surface area contributed by atoms with Gasteiger partial charge in [0.25, 0.3) is 0 Å². The Labute approximate surface area is 185 Å². The van der Waals surface area contributed by atoms with Crippen molar-refractivity contribution in [1.29, 1.82) is 0 Å². The summed E-state index contributed by atoms with van der Waals surface area (Å²) in [6.07, 6.45) is 5.32. The number of nitrogens with one attached hydrogen (secondary N) is 1. The van der Waals surface area contributed by atoms with Crippen LogP contribution in [0, 0.1) is 5.82 Å². The molecule has 1 fully saturated rings. The summed E-state index contributed by atoms with van der Waals surface area (Å²) >= 11 is 0. The first-order valence-electron chi connectivity index (χ1n) is 11.4. The molecule has 0 amide bonds. The number of benzene rings is 2. The lowest BCUT2D eigenvalue weighted by Crippen LogP contribution is -2.49. The number of hydrogen-bond donors (Lipinski definition) is 1. The summed E-state index contributed by atoms with van der Waals surface area (Å²) in [6.45, 7) is 3.17. The lowest BCUT2D eigenvalue weighted by Gasteiger charge is -2.50. The van der Waals surface area contributed by atoms with Gasteiger partial charge in [0, 0.05) is 17.2 Å². The minimum Gasteiger partial charge on any atom is -0.494 e. The third-order valence-electron chi connectivity index (χ3n) is 6.75. The smallest absolute Gasteiger partial charge is 0.150 e. The summed E-state index contributed by atoms with van der Waals surface area (Å²) in [4.78, 5) is 0. The third kappa shape index (κ3) is 4.80. The van der Waals surface area contributed by atoms with E-state index in [2.05, 4.69) is 23.5 Å². The van der Waals surface area contributed by atoms with Gasteiger partial charge in [-0.25, -0.2) is 12.8 Å². The molecule has 0 radical (unpaired) electrons. The Kier molecular flexibility index (Phi) is 6.68. The maximum Gasteiger partial charge on any atom is 0.150 e. The molecule has 1 aliphatic heterocycles. The van der Waals surface area contributed by atoms with Crippen molar-refractivity contribution < 1.29 is 17.5 Å². The van der Waals surface area contributed by atoms with E-state index in [-0.39, 0.29) is 28.8 Å². The van der Waals surface area contributed by atoms with Gasteiger partial charge in [0.15, 0.2) is 0 Å². The van der Waals surface area contributed by atoms with Crippen LogP contribution < -0.4 is 10.1 Å². The predicted octanol–water partition coefficient (Wildman–Crippen LogP) is 4.73. The second-order valence-electron chi connectivity index (χ2n) is 8.87. The highest BCUT2D eigenvalue weighted by atomic mass is 32.2. The number of halogens is 1. The summed E-state index contributed by atoms with van der Waals surface area (Å²) in [6, 6.07) is 13.4. The van der Waals surface area contributed by atoms with E-state index in [1.807, 2.05) is 13.0 Å². The minimum atomic E-state index is -2.98. The molecule has 1 saturated carbocycles. The fourth-order valence-electron chi connectivity index (χ4n) is 5.10. The molecule has 1 atom stereocenters. The molecule has 168 valence electrons. The summed E-state index contributed by atoms with van der Waals surface area (Å²) in [7, 11) is -2.98. The Bertz CT molecular complexity index is 1020. The first-order valence-corrected chi connectivity index (χ1v) is 13.2. The molecular weight excluding hydrogens is 413 g/mol. The van der Waals surface area contributed by atoms with Crippen LogP contribution in [-0.4, -0.2) is 33.1 Å². The highest BCUT2D eigenvalue weighted by molar-refractivity contribution is 7.91. The van der Waals surface area contributed by atoms with Gasteiger partial charge in [-0.1, -0.05) is 31.5 Å². The van der Waals surface area contributed by atoms with Crippen molar-refractivity contribution in [2.24, 2.45) is 0 Å². The van der Waals surface area contributed by atoms with Gasteiger partial charge in [0.2, 0.25) is 0 Å². The lowest BCUT2D eigenvalue weighted by atomic mass is 9.58. The molecule has 1 aliphatic carbocycles. The normalized spacial score (nSPS) is 20.0. The number of rotatable bonds is 9. The molecule has 1 unspecified atom stereocenters. The molecule has 1 N–H and O–H groups in total. The molecular formula is C25H32FNO3S. The first kappa shape index (κ1) is 22.3.